The summed E-state index contributed by atoms with van der Waals surface area (Å²) in [6.07, 6.45) is -0.100. The highest BCUT2D eigenvalue weighted by Gasteiger charge is 2.51. The molecule has 0 N–H and O–H groups in total. The van der Waals surface area contributed by atoms with Crippen molar-refractivity contribution in [1.29, 1.82) is 0 Å². The van der Waals surface area contributed by atoms with Gasteiger partial charge in [-0.15, -0.1) is 0 Å². The van der Waals surface area contributed by atoms with E-state index in [0.717, 1.165) is 16.7 Å². The van der Waals surface area contributed by atoms with Crippen LogP contribution < -0.4 is 0 Å². The molecule has 3 aromatic rings. The molecule has 1 heterocycles. The summed E-state index contributed by atoms with van der Waals surface area (Å²) >= 11 is 0. The Balaban J connectivity index is 2.02. The Labute approximate surface area is 175 Å². The van der Waals surface area contributed by atoms with Crippen molar-refractivity contribution >= 4 is 23.1 Å². The number of benzene rings is 3. The van der Waals surface area contributed by atoms with Crippen molar-refractivity contribution < 1.29 is 19.1 Å². The predicted molar refractivity (Wildman–Crippen MR) is 115 cm³/mol. The summed E-state index contributed by atoms with van der Waals surface area (Å²) in [7, 11) is 0. The molecule has 1 atom stereocenters. The van der Waals surface area contributed by atoms with Crippen molar-refractivity contribution in [3.8, 4) is 0 Å². The standard InChI is InChI=1S/C26H22O4/c1-2-29-22(27)18-26(21-16-10-5-11-17-21)24(20-14-8-4-9-15-20)23(25(28)30-26)19-12-6-3-7-13-19/h3-17H,2,18H2,1H3. The number of hydrogen-bond acceptors (Lipinski definition) is 4. The molecular formula is C26H22O4. The molecule has 0 bridgehead atoms. The molecule has 1 aliphatic rings. The molecule has 4 rings (SSSR count). The summed E-state index contributed by atoms with van der Waals surface area (Å²) in [4.78, 5) is 25.9. The maximum atomic E-state index is 13.3. The molecule has 4 nitrogen and oxygen atoms in total. The van der Waals surface area contributed by atoms with Crippen LogP contribution in [0.2, 0.25) is 0 Å². The van der Waals surface area contributed by atoms with Gasteiger partial charge in [-0.2, -0.15) is 0 Å². The highest BCUT2D eigenvalue weighted by atomic mass is 16.6. The molecule has 4 heteroatoms. The summed E-state index contributed by atoms with van der Waals surface area (Å²) in [5.41, 5.74) is 2.19. The van der Waals surface area contributed by atoms with E-state index in [1.807, 2.05) is 91.0 Å². The lowest BCUT2D eigenvalue weighted by Crippen LogP contribution is -2.32. The van der Waals surface area contributed by atoms with E-state index in [1.165, 1.54) is 0 Å². The van der Waals surface area contributed by atoms with Crippen molar-refractivity contribution in [2.45, 2.75) is 18.9 Å². The lowest BCUT2D eigenvalue weighted by molar-refractivity contribution is -0.154. The van der Waals surface area contributed by atoms with Crippen molar-refractivity contribution in [3.63, 3.8) is 0 Å². The van der Waals surface area contributed by atoms with E-state index in [1.54, 1.807) is 6.92 Å². The quantitative estimate of drug-likeness (QED) is 0.548. The molecule has 0 radical (unpaired) electrons. The second-order valence-corrected chi connectivity index (χ2v) is 7.05. The third-order valence-corrected chi connectivity index (χ3v) is 5.19. The number of rotatable bonds is 6. The third kappa shape index (κ3) is 3.52. The minimum Gasteiger partial charge on any atom is -0.466 e. The number of carbonyl (C=O) groups excluding carboxylic acids is 2. The lowest BCUT2D eigenvalue weighted by atomic mass is 9.78. The predicted octanol–water partition coefficient (Wildman–Crippen LogP) is 5.00. The minimum absolute atomic E-state index is 0.100. The van der Waals surface area contributed by atoms with E-state index in [0.29, 0.717) is 11.1 Å². The molecule has 0 aliphatic carbocycles. The van der Waals surface area contributed by atoms with E-state index in [9.17, 15) is 9.59 Å². The first kappa shape index (κ1) is 19.6. The van der Waals surface area contributed by atoms with Gasteiger partial charge in [-0.3, -0.25) is 4.79 Å². The Bertz CT molecular complexity index is 1070. The molecule has 1 aliphatic heterocycles. The van der Waals surface area contributed by atoms with E-state index in [2.05, 4.69) is 0 Å². The molecule has 30 heavy (non-hydrogen) atoms. The van der Waals surface area contributed by atoms with E-state index in [4.69, 9.17) is 9.47 Å². The van der Waals surface area contributed by atoms with Crippen molar-refractivity contribution in [2.24, 2.45) is 0 Å². The Hall–Kier alpha value is -3.66. The van der Waals surface area contributed by atoms with Gasteiger partial charge in [0.1, 0.15) is 0 Å². The summed E-state index contributed by atoms with van der Waals surface area (Å²) < 4.78 is 11.3. The van der Waals surface area contributed by atoms with Crippen LogP contribution in [0, 0.1) is 0 Å². The molecule has 0 saturated heterocycles. The van der Waals surface area contributed by atoms with E-state index >= 15 is 0 Å². The summed E-state index contributed by atoms with van der Waals surface area (Å²) in [6, 6.07) is 28.4. The highest BCUT2D eigenvalue weighted by Crippen LogP contribution is 2.52. The molecule has 0 amide bonds. The van der Waals surface area contributed by atoms with Gasteiger partial charge in [0.25, 0.3) is 0 Å². The van der Waals surface area contributed by atoms with E-state index in [-0.39, 0.29) is 13.0 Å². The van der Waals surface area contributed by atoms with Crippen LogP contribution in [-0.4, -0.2) is 18.5 Å². The van der Waals surface area contributed by atoms with Gasteiger partial charge in [0.2, 0.25) is 0 Å². The van der Waals surface area contributed by atoms with Crippen molar-refractivity contribution in [2.75, 3.05) is 6.61 Å². The Morgan fingerprint density at radius 2 is 1.37 bits per heavy atom. The second kappa shape index (κ2) is 8.37. The monoisotopic (exact) mass is 398 g/mol. The van der Waals surface area contributed by atoms with Crippen LogP contribution in [0.15, 0.2) is 91.0 Å². The zero-order valence-electron chi connectivity index (χ0n) is 16.7. The number of cyclic esters (lactones) is 1. The van der Waals surface area contributed by atoms with Crippen molar-refractivity contribution in [3.05, 3.63) is 108 Å². The summed E-state index contributed by atoms with van der Waals surface area (Å²) in [6.45, 7) is 2.02. The first-order valence-corrected chi connectivity index (χ1v) is 9.96. The molecular weight excluding hydrogens is 376 g/mol. The zero-order chi connectivity index (χ0) is 21.0. The fourth-order valence-electron chi connectivity index (χ4n) is 3.97. The minimum atomic E-state index is -1.27. The topological polar surface area (TPSA) is 52.6 Å². The average Bonchev–Trinajstić information content (AvgIpc) is 3.08. The second-order valence-electron chi connectivity index (χ2n) is 7.05. The number of ether oxygens (including phenoxy) is 2. The van der Waals surface area contributed by atoms with Gasteiger partial charge < -0.3 is 9.47 Å². The average molecular weight is 398 g/mol. The first-order chi connectivity index (χ1) is 14.7. The van der Waals surface area contributed by atoms with Crippen LogP contribution in [0.3, 0.4) is 0 Å². The molecule has 0 fully saturated rings. The van der Waals surface area contributed by atoms with Gasteiger partial charge >= 0.3 is 11.9 Å². The van der Waals surface area contributed by atoms with Crippen LogP contribution in [-0.2, 0) is 24.7 Å². The molecule has 3 aromatic carbocycles. The fourth-order valence-corrected chi connectivity index (χ4v) is 3.97. The maximum absolute atomic E-state index is 13.3. The SMILES string of the molecule is CCOC(=O)CC1(c2ccccc2)OC(=O)C(c2ccccc2)=C1c1ccccc1. The van der Waals surface area contributed by atoms with Crippen LogP contribution in [0.4, 0.5) is 0 Å². The summed E-state index contributed by atoms with van der Waals surface area (Å²) in [5.74, 6) is -0.870. The smallest absolute Gasteiger partial charge is 0.340 e. The Kier molecular flexibility index (Phi) is 5.48. The molecule has 1 unspecified atom stereocenters. The number of carbonyl (C=O) groups is 2. The normalized spacial score (nSPS) is 18.2. The number of esters is 2. The Morgan fingerprint density at radius 3 is 1.93 bits per heavy atom. The first-order valence-electron chi connectivity index (χ1n) is 9.96. The lowest BCUT2D eigenvalue weighted by Gasteiger charge is -2.31. The fraction of sp³-hybridized carbons (Fsp3) is 0.154. The van der Waals surface area contributed by atoms with Crippen LogP contribution in [0.25, 0.3) is 11.1 Å². The van der Waals surface area contributed by atoms with Crippen molar-refractivity contribution in [1.82, 2.24) is 0 Å². The van der Waals surface area contributed by atoms with Gasteiger partial charge in [0.05, 0.1) is 18.6 Å². The molecule has 0 aromatic heterocycles. The van der Waals surface area contributed by atoms with Gasteiger partial charge in [-0.25, -0.2) is 4.79 Å². The molecule has 0 spiro atoms. The highest BCUT2D eigenvalue weighted by molar-refractivity contribution is 6.29. The van der Waals surface area contributed by atoms with Crippen LogP contribution >= 0.6 is 0 Å². The van der Waals surface area contributed by atoms with Crippen LogP contribution in [0.5, 0.6) is 0 Å². The van der Waals surface area contributed by atoms with Gasteiger partial charge in [-0.1, -0.05) is 91.0 Å². The molecule has 150 valence electrons. The van der Waals surface area contributed by atoms with Gasteiger partial charge in [0, 0.05) is 11.1 Å². The molecule has 0 saturated carbocycles. The van der Waals surface area contributed by atoms with Crippen LogP contribution in [0.1, 0.15) is 30.0 Å². The number of hydrogen-bond donors (Lipinski definition) is 0. The maximum Gasteiger partial charge on any atom is 0.340 e. The van der Waals surface area contributed by atoms with E-state index < -0.39 is 17.5 Å². The van der Waals surface area contributed by atoms with Gasteiger partial charge in [0.15, 0.2) is 5.60 Å². The zero-order valence-corrected chi connectivity index (χ0v) is 16.7. The van der Waals surface area contributed by atoms with Gasteiger partial charge in [-0.05, 0) is 18.1 Å². The Morgan fingerprint density at radius 1 is 0.833 bits per heavy atom. The summed E-state index contributed by atoms with van der Waals surface area (Å²) in [5, 5.41) is 0. The third-order valence-electron chi connectivity index (χ3n) is 5.19. The largest absolute Gasteiger partial charge is 0.466 e.